The molecule has 134 valence electrons. The third-order valence-electron chi connectivity index (χ3n) is 4.03. The minimum atomic E-state index is -3.34. The first-order valence-electron chi connectivity index (χ1n) is 7.91. The fourth-order valence-electron chi connectivity index (χ4n) is 2.33. The van der Waals surface area contributed by atoms with Gasteiger partial charge in [0, 0.05) is 20.1 Å². The van der Waals surface area contributed by atoms with E-state index in [9.17, 15) is 9.36 Å². The molecule has 0 aliphatic rings. The minimum Gasteiger partial charge on any atom is -0.376 e. The summed E-state index contributed by atoms with van der Waals surface area (Å²) < 4.78 is 27.6. The molecule has 0 unspecified atom stereocenters. The second-order valence-electron chi connectivity index (χ2n) is 5.67. The van der Waals surface area contributed by atoms with Crippen LogP contribution in [-0.2, 0) is 29.8 Å². The third kappa shape index (κ3) is 6.70. The summed E-state index contributed by atoms with van der Waals surface area (Å²) in [4.78, 5) is 12.4. The van der Waals surface area contributed by atoms with Crippen LogP contribution < -0.4 is 0 Å². The Hall–Kier alpha value is -1.26. The summed E-state index contributed by atoms with van der Waals surface area (Å²) in [5, 5.41) is 0. The monoisotopic (exact) mass is 354 g/mol. The molecule has 0 bridgehead atoms. The van der Waals surface area contributed by atoms with E-state index in [4.69, 9.17) is 13.8 Å². The lowest BCUT2D eigenvalue weighted by molar-refractivity contribution is -0.122. The lowest BCUT2D eigenvalue weighted by atomic mass is 9.89. The summed E-state index contributed by atoms with van der Waals surface area (Å²) in [6.45, 7) is 6.48. The summed E-state index contributed by atoms with van der Waals surface area (Å²) in [5.41, 5.74) is 1.08. The van der Waals surface area contributed by atoms with Gasteiger partial charge in [-0.15, -0.1) is 6.58 Å². The summed E-state index contributed by atoms with van der Waals surface area (Å²) in [6, 6.07) is 9.85. The largest absolute Gasteiger partial charge is 0.376 e. The Morgan fingerprint density at radius 3 is 2.42 bits per heavy atom. The van der Waals surface area contributed by atoms with E-state index < -0.39 is 7.60 Å². The van der Waals surface area contributed by atoms with Crippen LogP contribution in [0.25, 0.3) is 0 Å². The number of hydrogen-bond acceptors (Lipinski definition) is 5. The smallest absolute Gasteiger partial charge is 0.337 e. The Morgan fingerprint density at radius 2 is 1.88 bits per heavy atom. The van der Waals surface area contributed by atoms with Crippen LogP contribution in [0.4, 0.5) is 0 Å². The quantitative estimate of drug-likeness (QED) is 0.418. The number of ketones is 1. The Bertz CT molecular complexity index is 550. The highest BCUT2D eigenvalue weighted by molar-refractivity contribution is 7.54. The predicted molar refractivity (Wildman–Crippen MR) is 95.1 cm³/mol. The van der Waals surface area contributed by atoms with Gasteiger partial charge in [-0.05, 0) is 17.9 Å². The van der Waals surface area contributed by atoms with Crippen LogP contribution in [-0.4, -0.2) is 32.8 Å². The molecule has 24 heavy (non-hydrogen) atoms. The van der Waals surface area contributed by atoms with Crippen molar-refractivity contribution in [2.45, 2.75) is 20.0 Å². The molecule has 2 atom stereocenters. The minimum absolute atomic E-state index is 0.0270. The lowest BCUT2D eigenvalue weighted by Gasteiger charge is -2.23. The van der Waals surface area contributed by atoms with Gasteiger partial charge in [-0.3, -0.25) is 9.36 Å². The third-order valence-corrected chi connectivity index (χ3v) is 5.85. The molecule has 0 saturated heterocycles. The molecule has 0 N–H and O–H groups in total. The average molecular weight is 354 g/mol. The molecule has 0 fully saturated rings. The van der Waals surface area contributed by atoms with Crippen LogP contribution in [0.1, 0.15) is 18.9 Å². The molecular weight excluding hydrogens is 327 g/mol. The second kappa shape index (κ2) is 10.6. The normalized spacial score (nSPS) is 14.1. The highest BCUT2D eigenvalue weighted by Crippen LogP contribution is 2.46. The van der Waals surface area contributed by atoms with Gasteiger partial charge in [-0.1, -0.05) is 43.3 Å². The number of carbonyl (C=O) groups is 1. The fourth-order valence-corrected chi connectivity index (χ4v) is 3.41. The summed E-state index contributed by atoms with van der Waals surface area (Å²) in [5.74, 6) is -0.504. The molecule has 0 aliphatic carbocycles. The topological polar surface area (TPSA) is 61.8 Å². The first-order chi connectivity index (χ1) is 11.5. The van der Waals surface area contributed by atoms with Crippen molar-refractivity contribution in [1.29, 1.82) is 0 Å². The maximum absolute atomic E-state index is 12.4. The maximum Gasteiger partial charge on any atom is 0.337 e. The van der Waals surface area contributed by atoms with Crippen molar-refractivity contribution in [3.05, 3.63) is 48.6 Å². The van der Waals surface area contributed by atoms with Gasteiger partial charge in [0.15, 0.2) is 0 Å². The van der Waals surface area contributed by atoms with Crippen LogP contribution in [0.15, 0.2) is 43.0 Å². The second-order valence-corrected chi connectivity index (χ2v) is 7.94. The van der Waals surface area contributed by atoms with E-state index in [-0.39, 0.29) is 23.8 Å². The lowest BCUT2D eigenvalue weighted by Crippen LogP contribution is -2.27. The van der Waals surface area contributed by atoms with Crippen LogP contribution >= 0.6 is 7.60 Å². The maximum atomic E-state index is 12.4. The highest BCUT2D eigenvalue weighted by Gasteiger charge is 2.31. The van der Waals surface area contributed by atoms with Gasteiger partial charge in [-0.2, -0.15) is 0 Å². The first kappa shape index (κ1) is 20.8. The van der Waals surface area contributed by atoms with Gasteiger partial charge in [0.1, 0.15) is 11.9 Å². The molecule has 1 aromatic rings. The number of hydrogen-bond donors (Lipinski definition) is 0. The number of carbonyl (C=O) groups excluding carboxylic acids is 1. The molecule has 5 nitrogen and oxygen atoms in total. The standard InChI is InChI=1S/C18H27O5P/c1-5-9-17(13-23-12-16-10-7-6-8-11-16)15(2)18(19)14-24(20,21-3)22-4/h5-8,10-11,15,17H,1,9,12-14H2,2-4H3/t15-,17-/m1/s1. The van der Waals surface area contributed by atoms with Crippen LogP contribution in [0.3, 0.4) is 0 Å². The van der Waals surface area contributed by atoms with Crippen molar-refractivity contribution in [3.63, 3.8) is 0 Å². The van der Waals surface area contributed by atoms with E-state index in [1.54, 1.807) is 6.08 Å². The van der Waals surface area contributed by atoms with Gasteiger partial charge in [0.2, 0.25) is 0 Å². The SMILES string of the molecule is C=CC[C@H](COCc1ccccc1)[C@@H](C)C(=O)CP(=O)(OC)OC. The van der Waals surface area contributed by atoms with E-state index in [2.05, 4.69) is 6.58 Å². The van der Waals surface area contributed by atoms with Crippen molar-refractivity contribution in [2.75, 3.05) is 27.0 Å². The molecule has 0 spiro atoms. The van der Waals surface area contributed by atoms with Gasteiger partial charge < -0.3 is 13.8 Å². The van der Waals surface area contributed by atoms with Crippen molar-refractivity contribution in [2.24, 2.45) is 11.8 Å². The molecule has 0 amide bonds. The Kier molecular flexibility index (Phi) is 9.16. The fraction of sp³-hybridized carbons (Fsp3) is 0.500. The van der Waals surface area contributed by atoms with Crippen molar-refractivity contribution < 1.29 is 23.1 Å². The number of Topliss-reactive ketones (excluding diaryl/α,β-unsaturated/α-hetero) is 1. The molecular formula is C18H27O5P. The Morgan fingerprint density at radius 1 is 1.25 bits per heavy atom. The zero-order valence-electron chi connectivity index (χ0n) is 14.6. The van der Waals surface area contributed by atoms with E-state index in [0.717, 1.165) is 5.56 Å². The van der Waals surface area contributed by atoms with Crippen LogP contribution in [0.2, 0.25) is 0 Å². The molecule has 0 heterocycles. The highest BCUT2D eigenvalue weighted by atomic mass is 31.2. The number of ether oxygens (including phenoxy) is 1. The zero-order valence-corrected chi connectivity index (χ0v) is 15.5. The summed E-state index contributed by atoms with van der Waals surface area (Å²) in [7, 11) is -0.771. The Labute approximate surface area is 144 Å². The van der Waals surface area contributed by atoms with Crippen molar-refractivity contribution in [3.8, 4) is 0 Å². The van der Waals surface area contributed by atoms with E-state index in [0.29, 0.717) is 19.6 Å². The zero-order chi connectivity index (χ0) is 18.0. The number of allylic oxidation sites excluding steroid dienone is 1. The summed E-state index contributed by atoms with van der Waals surface area (Å²) >= 11 is 0. The van der Waals surface area contributed by atoms with Crippen LogP contribution in [0.5, 0.6) is 0 Å². The van der Waals surface area contributed by atoms with Gasteiger partial charge >= 0.3 is 7.60 Å². The molecule has 0 saturated carbocycles. The van der Waals surface area contributed by atoms with Gasteiger partial charge in [0.05, 0.1) is 13.2 Å². The molecule has 1 rings (SSSR count). The van der Waals surface area contributed by atoms with Gasteiger partial charge in [-0.25, -0.2) is 0 Å². The van der Waals surface area contributed by atoms with E-state index >= 15 is 0 Å². The Balaban J connectivity index is 2.60. The van der Waals surface area contributed by atoms with Crippen molar-refractivity contribution in [1.82, 2.24) is 0 Å². The average Bonchev–Trinajstić information content (AvgIpc) is 2.61. The summed E-state index contributed by atoms with van der Waals surface area (Å²) in [6.07, 6.45) is 2.19. The molecule has 0 radical (unpaired) electrons. The first-order valence-corrected chi connectivity index (χ1v) is 9.64. The molecule has 0 aromatic heterocycles. The van der Waals surface area contributed by atoms with Crippen LogP contribution in [0, 0.1) is 11.8 Å². The number of benzene rings is 1. The van der Waals surface area contributed by atoms with E-state index in [1.165, 1.54) is 14.2 Å². The molecule has 0 aliphatic heterocycles. The molecule has 1 aromatic carbocycles. The number of rotatable bonds is 12. The van der Waals surface area contributed by atoms with Crippen molar-refractivity contribution >= 4 is 13.4 Å². The van der Waals surface area contributed by atoms with E-state index in [1.807, 2.05) is 37.3 Å². The predicted octanol–water partition coefficient (Wildman–Crippen LogP) is 4.09. The van der Waals surface area contributed by atoms with Gasteiger partial charge in [0.25, 0.3) is 0 Å². The molecule has 6 heteroatoms.